The first-order valence-electron chi connectivity index (χ1n) is 5.06. The zero-order chi connectivity index (χ0) is 14.0. The summed E-state index contributed by atoms with van der Waals surface area (Å²) in [5.41, 5.74) is 0.264. The van der Waals surface area contributed by atoms with Crippen molar-refractivity contribution < 1.29 is 27.5 Å². The van der Waals surface area contributed by atoms with Crippen LogP contribution in [0.4, 0.5) is 13.2 Å². The lowest BCUT2D eigenvalue weighted by Gasteiger charge is -2.07. The van der Waals surface area contributed by atoms with Gasteiger partial charge in [-0.2, -0.15) is 13.2 Å². The molecule has 0 aliphatic heterocycles. The Bertz CT molecular complexity index is 647. The predicted molar refractivity (Wildman–Crippen MR) is 58.2 cm³/mol. The summed E-state index contributed by atoms with van der Waals surface area (Å²) in [6.45, 7) is 0. The first kappa shape index (κ1) is 13.0. The van der Waals surface area contributed by atoms with Gasteiger partial charge >= 0.3 is 18.1 Å². The first-order chi connectivity index (χ1) is 8.89. The zero-order valence-corrected chi connectivity index (χ0v) is 9.27. The van der Waals surface area contributed by atoms with E-state index in [4.69, 9.17) is 0 Å². The molecule has 7 heteroatoms. The molecule has 0 bridgehead atoms. The summed E-state index contributed by atoms with van der Waals surface area (Å²) in [7, 11) is 0. The molecule has 19 heavy (non-hydrogen) atoms. The van der Waals surface area contributed by atoms with Gasteiger partial charge in [-0.25, -0.2) is 9.59 Å². The third-order valence-corrected chi connectivity index (χ3v) is 2.28. The van der Waals surface area contributed by atoms with Crippen LogP contribution in [0.3, 0.4) is 0 Å². The Balaban J connectivity index is 2.35. The van der Waals surface area contributed by atoms with Gasteiger partial charge in [-0.3, -0.25) is 4.98 Å². The average molecular weight is 269 g/mol. The second-order valence-electron chi connectivity index (χ2n) is 3.55. The van der Waals surface area contributed by atoms with Crippen molar-refractivity contribution in [1.82, 2.24) is 4.98 Å². The topological polar surface area (TPSA) is 56.3 Å². The number of hydrogen-bond donors (Lipinski definition) is 0. The summed E-state index contributed by atoms with van der Waals surface area (Å²) in [6.07, 6.45) is -3.74. The van der Waals surface area contributed by atoms with E-state index in [1.807, 2.05) is 0 Å². The predicted octanol–water partition coefficient (Wildman–Crippen LogP) is 2.48. The lowest BCUT2D eigenvalue weighted by atomic mass is 10.1. The lowest BCUT2D eigenvalue weighted by molar-refractivity contribution is -0.193. The molecule has 0 unspecified atom stereocenters. The molecule has 0 spiro atoms. The van der Waals surface area contributed by atoms with Crippen LogP contribution in [0.2, 0.25) is 0 Å². The van der Waals surface area contributed by atoms with Crippen LogP contribution >= 0.6 is 0 Å². The van der Waals surface area contributed by atoms with Crippen molar-refractivity contribution in [3.8, 4) is 0 Å². The fraction of sp³-hybridized carbons (Fsp3) is 0.0833. The van der Waals surface area contributed by atoms with Gasteiger partial charge in [0.05, 0.1) is 11.1 Å². The Kier molecular flexibility index (Phi) is 3.20. The van der Waals surface area contributed by atoms with Crippen molar-refractivity contribution in [2.24, 2.45) is 0 Å². The highest BCUT2D eigenvalue weighted by Gasteiger charge is 2.42. The van der Waals surface area contributed by atoms with Crippen LogP contribution in [0.15, 0.2) is 36.5 Å². The highest BCUT2D eigenvalue weighted by atomic mass is 19.4. The second kappa shape index (κ2) is 4.68. The summed E-state index contributed by atoms with van der Waals surface area (Å²) < 4.78 is 39.8. The van der Waals surface area contributed by atoms with Crippen molar-refractivity contribution in [2.75, 3.05) is 0 Å². The largest absolute Gasteiger partial charge is 0.491 e. The number of alkyl halides is 3. The molecular weight excluding hydrogens is 263 g/mol. The van der Waals surface area contributed by atoms with Crippen LogP contribution in [-0.4, -0.2) is 23.1 Å². The summed E-state index contributed by atoms with van der Waals surface area (Å²) in [5.74, 6) is -3.90. The van der Waals surface area contributed by atoms with Gasteiger partial charge in [0.15, 0.2) is 0 Å². The van der Waals surface area contributed by atoms with Gasteiger partial charge in [-0.05, 0) is 18.2 Å². The lowest BCUT2D eigenvalue weighted by Crippen LogP contribution is -2.28. The third-order valence-electron chi connectivity index (χ3n) is 2.28. The molecule has 1 heterocycles. The average Bonchev–Trinajstić information content (AvgIpc) is 2.36. The Morgan fingerprint density at radius 3 is 2.53 bits per heavy atom. The van der Waals surface area contributed by atoms with Gasteiger partial charge in [-0.1, -0.05) is 12.1 Å². The molecule has 2 rings (SSSR count). The second-order valence-corrected chi connectivity index (χ2v) is 3.55. The summed E-state index contributed by atoms with van der Waals surface area (Å²) in [6, 6.07) is 7.29. The minimum Gasteiger partial charge on any atom is -0.383 e. The van der Waals surface area contributed by atoms with Gasteiger partial charge in [0.2, 0.25) is 0 Å². The standard InChI is InChI=1S/C12H6F3NO3/c13-12(14,15)11(18)19-10(17)8-3-1-5-9-7(8)4-2-6-16-9/h1-6H. The van der Waals surface area contributed by atoms with Crippen LogP contribution in [0.1, 0.15) is 10.4 Å². The van der Waals surface area contributed by atoms with Gasteiger partial charge in [0, 0.05) is 11.6 Å². The van der Waals surface area contributed by atoms with Crippen molar-refractivity contribution in [2.45, 2.75) is 6.18 Å². The number of aromatic nitrogens is 1. The molecule has 0 N–H and O–H groups in total. The Morgan fingerprint density at radius 2 is 1.84 bits per heavy atom. The molecule has 0 radical (unpaired) electrons. The van der Waals surface area contributed by atoms with E-state index in [0.717, 1.165) is 0 Å². The zero-order valence-electron chi connectivity index (χ0n) is 9.27. The molecular formula is C12H6F3NO3. The number of rotatable bonds is 1. The van der Waals surface area contributed by atoms with Crippen LogP contribution < -0.4 is 0 Å². The maximum Gasteiger partial charge on any atom is 0.491 e. The van der Waals surface area contributed by atoms with Gasteiger partial charge in [-0.15, -0.1) is 0 Å². The number of benzene rings is 1. The number of carbonyl (C=O) groups excluding carboxylic acids is 2. The SMILES string of the molecule is O=C(OC(=O)C(F)(F)F)c1cccc2ncccc12. The van der Waals surface area contributed by atoms with E-state index in [-0.39, 0.29) is 5.56 Å². The number of nitrogens with zero attached hydrogens (tertiary/aromatic N) is 1. The van der Waals surface area contributed by atoms with Gasteiger partial charge < -0.3 is 4.74 Å². The van der Waals surface area contributed by atoms with Crippen molar-refractivity contribution in [3.63, 3.8) is 0 Å². The van der Waals surface area contributed by atoms with Crippen molar-refractivity contribution in [1.29, 1.82) is 0 Å². The van der Waals surface area contributed by atoms with Crippen molar-refractivity contribution in [3.05, 3.63) is 42.1 Å². The van der Waals surface area contributed by atoms with Gasteiger partial charge in [0.25, 0.3) is 0 Å². The number of hydrogen-bond acceptors (Lipinski definition) is 4. The monoisotopic (exact) mass is 269 g/mol. The van der Waals surface area contributed by atoms with Crippen LogP contribution in [0.25, 0.3) is 10.9 Å². The summed E-state index contributed by atoms with van der Waals surface area (Å²) in [4.78, 5) is 26.1. The number of ether oxygens (including phenoxy) is 1. The molecule has 0 saturated heterocycles. The Labute approximate surface area is 104 Å². The highest BCUT2D eigenvalue weighted by Crippen LogP contribution is 2.20. The summed E-state index contributed by atoms with van der Waals surface area (Å²) >= 11 is 0. The first-order valence-corrected chi connectivity index (χ1v) is 5.06. The molecule has 0 aliphatic carbocycles. The normalized spacial score (nSPS) is 11.3. The van der Waals surface area contributed by atoms with E-state index in [1.165, 1.54) is 30.5 Å². The van der Waals surface area contributed by atoms with Crippen LogP contribution in [0.5, 0.6) is 0 Å². The molecule has 4 nitrogen and oxygen atoms in total. The molecule has 0 amide bonds. The molecule has 98 valence electrons. The van der Waals surface area contributed by atoms with E-state index >= 15 is 0 Å². The smallest absolute Gasteiger partial charge is 0.383 e. The third kappa shape index (κ3) is 2.70. The van der Waals surface area contributed by atoms with E-state index in [9.17, 15) is 22.8 Å². The number of fused-ring (bicyclic) bond motifs is 1. The van der Waals surface area contributed by atoms with E-state index in [1.54, 1.807) is 6.07 Å². The van der Waals surface area contributed by atoms with E-state index in [0.29, 0.717) is 10.9 Å². The number of pyridine rings is 1. The minimum absolute atomic E-state index is 0.150. The molecule has 0 atom stereocenters. The van der Waals surface area contributed by atoms with Crippen molar-refractivity contribution >= 4 is 22.8 Å². The minimum atomic E-state index is -5.21. The van der Waals surface area contributed by atoms with Gasteiger partial charge in [0.1, 0.15) is 0 Å². The Morgan fingerprint density at radius 1 is 1.11 bits per heavy atom. The molecule has 0 saturated carbocycles. The number of halogens is 3. The number of carbonyl (C=O) groups is 2. The molecule has 2 aromatic rings. The van der Waals surface area contributed by atoms with E-state index in [2.05, 4.69) is 9.72 Å². The fourth-order valence-electron chi connectivity index (χ4n) is 1.48. The Hall–Kier alpha value is -2.44. The maximum atomic E-state index is 12.0. The van der Waals surface area contributed by atoms with Crippen LogP contribution in [0, 0.1) is 0 Å². The fourth-order valence-corrected chi connectivity index (χ4v) is 1.48. The molecule has 1 aromatic carbocycles. The maximum absolute atomic E-state index is 12.0. The summed E-state index contributed by atoms with van der Waals surface area (Å²) in [5, 5.41) is 0.310. The molecule has 0 aliphatic rings. The quantitative estimate of drug-likeness (QED) is 0.589. The highest BCUT2D eigenvalue weighted by molar-refractivity contribution is 6.07. The number of esters is 2. The molecule has 0 fully saturated rings. The van der Waals surface area contributed by atoms with Crippen LogP contribution in [-0.2, 0) is 9.53 Å². The van der Waals surface area contributed by atoms with E-state index < -0.39 is 18.1 Å². The molecule has 1 aromatic heterocycles.